The molecule has 3 heterocycles. The number of morpholine rings is 1. The Labute approximate surface area is 181 Å². The van der Waals surface area contributed by atoms with Crippen molar-refractivity contribution in [3.8, 4) is 0 Å². The third-order valence-corrected chi connectivity index (χ3v) is 6.67. The lowest BCUT2D eigenvalue weighted by Gasteiger charge is -2.37. The van der Waals surface area contributed by atoms with Crippen LogP contribution in [0.1, 0.15) is 43.7 Å². The summed E-state index contributed by atoms with van der Waals surface area (Å²) in [6.45, 7) is 9.95. The van der Waals surface area contributed by atoms with Gasteiger partial charge in [-0.25, -0.2) is 0 Å². The number of hydrogen-bond donors (Lipinski definition) is 1. The van der Waals surface area contributed by atoms with E-state index >= 15 is 0 Å². The molecule has 3 saturated heterocycles. The predicted molar refractivity (Wildman–Crippen MR) is 121 cm³/mol. The molecule has 6 heteroatoms. The quantitative estimate of drug-likeness (QED) is 0.593. The van der Waals surface area contributed by atoms with Gasteiger partial charge in [0.25, 0.3) is 0 Å². The summed E-state index contributed by atoms with van der Waals surface area (Å²) in [6.07, 6.45) is 5.31. The van der Waals surface area contributed by atoms with Crippen molar-refractivity contribution < 1.29 is 9.47 Å². The van der Waals surface area contributed by atoms with Gasteiger partial charge in [0.05, 0.1) is 12.7 Å². The minimum Gasteiger partial charge on any atom is -0.375 e. The average molecular weight is 415 g/mol. The molecule has 1 aromatic carbocycles. The Bertz CT molecular complexity index is 704. The van der Waals surface area contributed by atoms with Crippen LogP contribution in [0.3, 0.4) is 0 Å². The summed E-state index contributed by atoms with van der Waals surface area (Å²) >= 11 is 0. The van der Waals surface area contributed by atoms with Crippen LogP contribution in [0.25, 0.3) is 0 Å². The maximum atomic E-state index is 6.01. The molecule has 6 nitrogen and oxygen atoms in total. The van der Waals surface area contributed by atoms with Gasteiger partial charge in [0.15, 0.2) is 5.96 Å². The molecule has 0 radical (unpaired) electrons. The zero-order valence-electron chi connectivity index (χ0n) is 18.7. The number of aliphatic imine (C=N–C) groups is 1. The number of nitrogens with zero attached hydrogens (tertiary/aromatic N) is 3. The lowest BCUT2D eigenvalue weighted by Crippen LogP contribution is -2.53. The summed E-state index contributed by atoms with van der Waals surface area (Å²) in [5.74, 6) is 1.77. The Hall–Kier alpha value is -1.63. The van der Waals surface area contributed by atoms with Crippen molar-refractivity contribution in [2.24, 2.45) is 10.9 Å². The zero-order valence-corrected chi connectivity index (χ0v) is 18.7. The van der Waals surface area contributed by atoms with E-state index in [-0.39, 0.29) is 12.2 Å². The highest BCUT2D eigenvalue weighted by molar-refractivity contribution is 5.80. The fourth-order valence-corrected chi connectivity index (χ4v) is 5.05. The molecule has 3 aliphatic rings. The maximum absolute atomic E-state index is 6.01. The van der Waals surface area contributed by atoms with Gasteiger partial charge in [-0.05, 0) is 49.3 Å². The second-order valence-electron chi connectivity index (χ2n) is 9.06. The summed E-state index contributed by atoms with van der Waals surface area (Å²) in [5.41, 5.74) is 2.79. The second kappa shape index (κ2) is 10.6. The maximum Gasteiger partial charge on any atom is 0.194 e. The molecule has 0 spiro atoms. The summed E-state index contributed by atoms with van der Waals surface area (Å²) in [4.78, 5) is 9.50. The molecule has 4 rings (SSSR count). The fourth-order valence-electron chi connectivity index (χ4n) is 5.05. The normalized spacial score (nSPS) is 28.7. The van der Waals surface area contributed by atoms with Crippen LogP contribution in [0.15, 0.2) is 29.3 Å². The highest BCUT2D eigenvalue weighted by Crippen LogP contribution is 2.22. The third-order valence-electron chi connectivity index (χ3n) is 6.67. The molecule has 0 bridgehead atoms. The van der Waals surface area contributed by atoms with Crippen molar-refractivity contribution in [2.45, 2.75) is 57.9 Å². The first-order valence-corrected chi connectivity index (χ1v) is 11.7. The Morgan fingerprint density at radius 1 is 1.03 bits per heavy atom. The van der Waals surface area contributed by atoms with Crippen LogP contribution in [0, 0.1) is 5.92 Å². The van der Waals surface area contributed by atoms with E-state index in [2.05, 4.69) is 51.3 Å². The van der Waals surface area contributed by atoms with Gasteiger partial charge in [-0.3, -0.25) is 9.89 Å². The smallest absolute Gasteiger partial charge is 0.194 e. The Morgan fingerprint density at radius 3 is 2.63 bits per heavy atom. The molecule has 3 unspecified atom stereocenters. The van der Waals surface area contributed by atoms with Gasteiger partial charge < -0.3 is 19.7 Å². The standard InChI is InChI=1S/C24H38N4O2/c1-19-7-5-11-27(16-19)17-21-9-4-3-8-20(21)15-26-24(25-2)28-12-14-30-23(18-28)22-10-6-13-29-22/h3-4,8-9,19,22-23H,5-7,10-18H2,1-2H3,(H,25,26). The van der Waals surface area contributed by atoms with Gasteiger partial charge >= 0.3 is 0 Å². The van der Waals surface area contributed by atoms with E-state index in [0.29, 0.717) is 0 Å². The van der Waals surface area contributed by atoms with E-state index in [0.717, 1.165) is 64.1 Å². The number of ether oxygens (including phenoxy) is 2. The van der Waals surface area contributed by atoms with E-state index < -0.39 is 0 Å². The van der Waals surface area contributed by atoms with E-state index in [9.17, 15) is 0 Å². The van der Waals surface area contributed by atoms with Crippen molar-refractivity contribution in [1.29, 1.82) is 0 Å². The van der Waals surface area contributed by atoms with Crippen molar-refractivity contribution in [3.05, 3.63) is 35.4 Å². The molecular weight excluding hydrogens is 376 g/mol. The zero-order chi connectivity index (χ0) is 20.8. The van der Waals surface area contributed by atoms with Crippen LogP contribution in [0.4, 0.5) is 0 Å². The SMILES string of the molecule is CN=C(NCc1ccccc1CN1CCCC(C)C1)N1CCOC(C2CCCO2)C1. The third kappa shape index (κ3) is 5.54. The number of likely N-dealkylation sites (tertiary alicyclic amines) is 1. The van der Waals surface area contributed by atoms with Crippen LogP contribution >= 0.6 is 0 Å². The van der Waals surface area contributed by atoms with Crippen molar-refractivity contribution in [3.63, 3.8) is 0 Å². The van der Waals surface area contributed by atoms with E-state index in [1.165, 1.54) is 37.1 Å². The number of guanidine groups is 1. The Balaban J connectivity index is 1.35. The van der Waals surface area contributed by atoms with Crippen molar-refractivity contribution in [1.82, 2.24) is 15.1 Å². The molecule has 3 atom stereocenters. The molecule has 0 aromatic heterocycles. The molecule has 0 saturated carbocycles. The van der Waals surface area contributed by atoms with Crippen LogP contribution in [-0.4, -0.2) is 74.4 Å². The molecule has 3 fully saturated rings. The minimum absolute atomic E-state index is 0.146. The monoisotopic (exact) mass is 414 g/mol. The first kappa shape index (κ1) is 21.6. The minimum atomic E-state index is 0.146. The van der Waals surface area contributed by atoms with Gasteiger partial charge in [-0.2, -0.15) is 0 Å². The Kier molecular flexibility index (Phi) is 7.63. The first-order chi connectivity index (χ1) is 14.7. The van der Waals surface area contributed by atoms with Crippen LogP contribution in [0.5, 0.6) is 0 Å². The molecule has 166 valence electrons. The lowest BCUT2D eigenvalue weighted by atomic mass is 9.99. The molecule has 30 heavy (non-hydrogen) atoms. The molecule has 0 amide bonds. The van der Waals surface area contributed by atoms with Crippen molar-refractivity contribution in [2.75, 3.05) is 46.4 Å². The van der Waals surface area contributed by atoms with E-state index in [4.69, 9.17) is 9.47 Å². The molecule has 0 aliphatic carbocycles. The van der Waals surface area contributed by atoms with Crippen LogP contribution < -0.4 is 5.32 Å². The summed E-state index contributed by atoms with van der Waals surface area (Å²) in [6, 6.07) is 8.83. The highest BCUT2D eigenvalue weighted by Gasteiger charge is 2.32. The number of nitrogens with one attached hydrogen (secondary N) is 1. The average Bonchev–Trinajstić information content (AvgIpc) is 3.31. The molecule has 1 N–H and O–H groups in total. The van der Waals surface area contributed by atoms with E-state index in [1.807, 2.05) is 7.05 Å². The number of benzene rings is 1. The lowest BCUT2D eigenvalue weighted by molar-refractivity contribution is -0.0817. The van der Waals surface area contributed by atoms with Gasteiger partial charge in [-0.15, -0.1) is 0 Å². The van der Waals surface area contributed by atoms with Gasteiger partial charge in [0, 0.05) is 46.4 Å². The fraction of sp³-hybridized carbons (Fsp3) is 0.708. The second-order valence-corrected chi connectivity index (χ2v) is 9.06. The molecule has 1 aromatic rings. The predicted octanol–water partition coefficient (Wildman–Crippen LogP) is 2.87. The molecule has 3 aliphatic heterocycles. The number of rotatable bonds is 5. The Morgan fingerprint density at radius 2 is 1.87 bits per heavy atom. The first-order valence-electron chi connectivity index (χ1n) is 11.7. The van der Waals surface area contributed by atoms with Crippen LogP contribution in [-0.2, 0) is 22.6 Å². The van der Waals surface area contributed by atoms with Crippen LogP contribution in [0.2, 0.25) is 0 Å². The number of piperidine rings is 1. The highest BCUT2D eigenvalue weighted by atomic mass is 16.5. The summed E-state index contributed by atoms with van der Waals surface area (Å²) in [5, 5.41) is 3.61. The summed E-state index contributed by atoms with van der Waals surface area (Å²) < 4.78 is 11.9. The van der Waals surface area contributed by atoms with Gasteiger partial charge in [-0.1, -0.05) is 31.2 Å². The number of hydrogen-bond acceptors (Lipinski definition) is 4. The van der Waals surface area contributed by atoms with Gasteiger partial charge in [0.1, 0.15) is 6.10 Å². The largest absolute Gasteiger partial charge is 0.375 e. The molecular formula is C24H38N4O2. The van der Waals surface area contributed by atoms with Gasteiger partial charge in [0.2, 0.25) is 0 Å². The summed E-state index contributed by atoms with van der Waals surface area (Å²) in [7, 11) is 1.87. The van der Waals surface area contributed by atoms with E-state index in [1.54, 1.807) is 0 Å². The van der Waals surface area contributed by atoms with Crippen molar-refractivity contribution >= 4 is 5.96 Å². The topological polar surface area (TPSA) is 49.3 Å².